The normalized spacial score (nSPS) is 13.3. The molecule has 3 rings (SSSR count). The molecular formula is C14H17BN2O. The van der Waals surface area contributed by atoms with E-state index in [2.05, 4.69) is 56.0 Å². The van der Waals surface area contributed by atoms with Gasteiger partial charge in [-0.05, 0) is 23.7 Å². The van der Waals surface area contributed by atoms with Crippen LogP contribution in [0.5, 0.6) is 0 Å². The van der Waals surface area contributed by atoms with E-state index in [-0.39, 0.29) is 0 Å². The van der Waals surface area contributed by atoms with E-state index < -0.39 is 0 Å². The van der Waals surface area contributed by atoms with Crippen LogP contribution in [0.3, 0.4) is 0 Å². The van der Waals surface area contributed by atoms with Crippen LogP contribution < -0.4 is 20.9 Å². The molecule has 0 spiro atoms. The highest BCUT2D eigenvalue weighted by Gasteiger charge is 2.33. The largest absolute Gasteiger partial charge is 0.477 e. The smallest absolute Gasteiger partial charge is 0.260 e. The van der Waals surface area contributed by atoms with Gasteiger partial charge in [0.2, 0.25) is 0 Å². The number of fused-ring (bicyclic) bond motifs is 2. The third-order valence-corrected chi connectivity index (χ3v) is 3.76. The van der Waals surface area contributed by atoms with Gasteiger partial charge in [0.05, 0.1) is 17.6 Å². The van der Waals surface area contributed by atoms with Crippen molar-refractivity contribution in [1.82, 2.24) is 0 Å². The van der Waals surface area contributed by atoms with Crippen LogP contribution in [-0.2, 0) is 0 Å². The van der Waals surface area contributed by atoms with Crippen molar-refractivity contribution in [3.05, 3.63) is 30.5 Å². The Kier molecular flexibility index (Phi) is 2.40. The van der Waals surface area contributed by atoms with Gasteiger partial charge in [0.1, 0.15) is 0 Å². The maximum atomic E-state index is 5.67. The number of hydrogen-bond donors (Lipinski definition) is 0. The molecule has 0 fully saturated rings. The summed E-state index contributed by atoms with van der Waals surface area (Å²) in [7, 11) is 6.26. The quantitative estimate of drug-likeness (QED) is 0.707. The number of nitrogens with zero attached hydrogens (tertiary/aromatic N) is 2. The molecule has 2 heterocycles. The molecule has 0 saturated heterocycles. The zero-order valence-corrected chi connectivity index (χ0v) is 11.3. The van der Waals surface area contributed by atoms with E-state index in [1.165, 1.54) is 22.5 Å². The minimum Gasteiger partial charge on any atom is -0.477 e. The summed E-state index contributed by atoms with van der Waals surface area (Å²) in [4.78, 5) is 4.37. The first-order chi connectivity index (χ1) is 8.61. The molecule has 0 saturated carbocycles. The molecule has 18 heavy (non-hydrogen) atoms. The summed E-state index contributed by atoms with van der Waals surface area (Å²) < 4.78 is 5.67. The van der Waals surface area contributed by atoms with Crippen LogP contribution in [0.1, 0.15) is 0 Å². The van der Waals surface area contributed by atoms with Crippen molar-refractivity contribution in [2.45, 2.75) is 6.82 Å². The minimum atomic E-state index is 0.291. The average molecular weight is 240 g/mol. The molecule has 1 aromatic carbocycles. The van der Waals surface area contributed by atoms with Gasteiger partial charge in [-0.25, -0.2) is 0 Å². The Morgan fingerprint density at radius 2 is 1.94 bits per heavy atom. The zero-order chi connectivity index (χ0) is 12.9. The highest BCUT2D eigenvalue weighted by atomic mass is 16.3. The summed E-state index contributed by atoms with van der Waals surface area (Å²) in [6.45, 7) is 2.50. The third-order valence-electron chi connectivity index (χ3n) is 3.76. The molecule has 2 aromatic rings. The molecule has 0 N–H and O–H groups in total. The van der Waals surface area contributed by atoms with Crippen molar-refractivity contribution in [2.75, 3.05) is 30.9 Å². The monoisotopic (exact) mass is 240 g/mol. The van der Waals surface area contributed by atoms with E-state index in [1.54, 1.807) is 6.26 Å². The van der Waals surface area contributed by atoms with Gasteiger partial charge in [-0.1, -0.05) is 12.9 Å². The first-order valence-electron chi connectivity index (χ1n) is 6.22. The van der Waals surface area contributed by atoms with E-state index in [4.69, 9.17) is 4.42 Å². The van der Waals surface area contributed by atoms with Crippen LogP contribution in [0, 0.1) is 0 Å². The topological polar surface area (TPSA) is 19.6 Å². The highest BCUT2D eigenvalue weighted by Crippen LogP contribution is 2.29. The Balaban J connectivity index is 2.26. The van der Waals surface area contributed by atoms with Crippen LogP contribution in [0.25, 0.3) is 0 Å². The number of anilines is 3. The Labute approximate surface area is 108 Å². The van der Waals surface area contributed by atoms with Crippen LogP contribution >= 0.6 is 0 Å². The molecule has 0 atom stereocenters. The van der Waals surface area contributed by atoms with Crippen molar-refractivity contribution < 1.29 is 4.42 Å². The SMILES string of the molecule is CB1c2occc2N(C)c2cccc(N(C)C)c21. The van der Waals surface area contributed by atoms with E-state index in [1.807, 2.05) is 6.07 Å². The van der Waals surface area contributed by atoms with Gasteiger partial charge >= 0.3 is 0 Å². The molecule has 0 amide bonds. The average Bonchev–Trinajstić information content (AvgIpc) is 2.84. The number of furan rings is 1. The Bertz CT molecular complexity index is 591. The summed E-state index contributed by atoms with van der Waals surface area (Å²) in [5.41, 5.74) is 6.09. The molecule has 1 aliphatic rings. The predicted octanol–water partition coefficient (Wildman–Crippen LogP) is 1.67. The summed E-state index contributed by atoms with van der Waals surface area (Å²) >= 11 is 0. The molecule has 0 radical (unpaired) electrons. The number of rotatable bonds is 1. The van der Waals surface area contributed by atoms with Gasteiger partial charge in [-0.15, -0.1) is 0 Å². The Morgan fingerprint density at radius 1 is 1.17 bits per heavy atom. The van der Waals surface area contributed by atoms with Gasteiger partial charge in [-0.3, -0.25) is 0 Å². The van der Waals surface area contributed by atoms with Crippen LogP contribution in [0.2, 0.25) is 6.82 Å². The fourth-order valence-corrected chi connectivity index (χ4v) is 2.84. The first kappa shape index (κ1) is 11.3. The molecule has 4 heteroatoms. The van der Waals surface area contributed by atoms with Crippen molar-refractivity contribution in [3.63, 3.8) is 0 Å². The minimum absolute atomic E-state index is 0.291. The fourth-order valence-electron chi connectivity index (χ4n) is 2.84. The molecule has 1 aliphatic heterocycles. The van der Waals surface area contributed by atoms with E-state index >= 15 is 0 Å². The molecule has 3 nitrogen and oxygen atoms in total. The van der Waals surface area contributed by atoms with Gasteiger partial charge in [0.25, 0.3) is 6.71 Å². The highest BCUT2D eigenvalue weighted by molar-refractivity contribution is 6.87. The van der Waals surface area contributed by atoms with Crippen molar-refractivity contribution in [3.8, 4) is 0 Å². The Hall–Kier alpha value is -1.84. The predicted molar refractivity (Wildman–Crippen MR) is 78.4 cm³/mol. The summed E-state index contributed by atoms with van der Waals surface area (Å²) in [6.07, 6.45) is 1.78. The van der Waals surface area contributed by atoms with Crippen molar-refractivity contribution in [2.24, 2.45) is 0 Å². The lowest BCUT2D eigenvalue weighted by Crippen LogP contribution is -2.48. The summed E-state index contributed by atoms with van der Waals surface area (Å²) in [5.74, 6) is 0. The lowest BCUT2D eigenvalue weighted by atomic mass is 9.42. The maximum Gasteiger partial charge on any atom is 0.260 e. The van der Waals surface area contributed by atoms with Gasteiger partial charge in [0.15, 0.2) is 0 Å². The fraction of sp³-hybridized carbons (Fsp3) is 0.286. The molecule has 0 unspecified atom stereocenters. The van der Waals surface area contributed by atoms with E-state index in [0.717, 1.165) is 5.66 Å². The van der Waals surface area contributed by atoms with Crippen LogP contribution in [0.4, 0.5) is 17.1 Å². The lowest BCUT2D eigenvalue weighted by Gasteiger charge is -2.32. The second-order valence-electron chi connectivity index (χ2n) is 5.06. The second-order valence-corrected chi connectivity index (χ2v) is 5.06. The van der Waals surface area contributed by atoms with Crippen molar-refractivity contribution >= 4 is 34.9 Å². The van der Waals surface area contributed by atoms with E-state index in [0.29, 0.717) is 6.71 Å². The summed E-state index contributed by atoms with van der Waals surface area (Å²) in [5, 5.41) is 0. The number of hydrogen-bond acceptors (Lipinski definition) is 3. The zero-order valence-electron chi connectivity index (χ0n) is 11.3. The molecular weight excluding hydrogens is 223 g/mol. The van der Waals surface area contributed by atoms with Gasteiger partial charge in [0, 0.05) is 32.5 Å². The standard InChI is InChI=1S/C14H17BN2O/c1-15-13-10(16(2)3)6-5-7-11(13)17(4)12-8-9-18-14(12)15/h5-9H,1-4H3. The molecule has 0 aliphatic carbocycles. The first-order valence-corrected chi connectivity index (χ1v) is 6.22. The molecule has 0 bridgehead atoms. The molecule has 1 aromatic heterocycles. The number of benzene rings is 1. The lowest BCUT2D eigenvalue weighted by molar-refractivity contribution is 0.599. The van der Waals surface area contributed by atoms with Gasteiger partial charge < -0.3 is 14.2 Å². The molecule has 92 valence electrons. The third kappa shape index (κ3) is 1.38. The van der Waals surface area contributed by atoms with Crippen LogP contribution in [0.15, 0.2) is 34.9 Å². The Morgan fingerprint density at radius 3 is 2.67 bits per heavy atom. The maximum absolute atomic E-state index is 5.67. The van der Waals surface area contributed by atoms with Crippen molar-refractivity contribution in [1.29, 1.82) is 0 Å². The van der Waals surface area contributed by atoms with E-state index in [9.17, 15) is 0 Å². The summed E-state index contributed by atoms with van der Waals surface area (Å²) in [6, 6.07) is 8.49. The second kappa shape index (κ2) is 3.84. The van der Waals surface area contributed by atoms with Gasteiger partial charge in [-0.2, -0.15) is 0 Å². The van der Waals surface area contributed by atoms with Crippen LogP contribution in [-0.4, -0.2) is 27.9 Å².